The van der Waals surface area contributed by atoms with Crippen molar-refractivity contribution in [2.75, 3.05) is 13.2 Å². The zero-order chi connectivity index (χ0) is 12.7. The van der Waals surface area contributed by atoms with Gasteiger partial charge in [0.1, 0.15) is 12.4 Å². The van der Waals surface area contributed by atoms with Gasteiger partial charge in [-0.2, -0.15) is 0 Å². The number of ether oxygens (including phenoxy) is 2. The van der Waals surface area contributed by atoms with E-state index in [0.717, 1.165) is 5.75 Å². The van der Waals surface area contributed by atoms with Crippen molar-refractivity contribution in [1.29, 1.82) is 0 Å². The van der Waals surface area contributed by atoms with Crippen molar-refractivity contribution in [3.63, 3.8) is 0 Å². The van der Waals surface area contributed by atoms with Gasteiger partial charge in [-0.15, -0.1) is 0 Å². The SMILES string of the molecule is CCC(C)c1ccc(OCCOC(C)C)cc1. The van der Waals surface area contributed by atoms with Crippen LogP contribution in [0.25, 0.3) is 0 Å². The van der Waals surface area contributed by atoms with Crippen LogP contribution < -0.4 is 4.74 Å². The van der Waals surface area contributed by atoms with E-state index in [-0.39, 0.29) is 6.10 Å². The number of hydrogen-bond donors (Lipinski definition) is 0. The van der Waals surface area contributed by atoms with Crippen molar-refractivity contribution < 1.29 is 9.47 Å². The fourth-order valence-corrected chi connectivity index (χ4v) is 1.57. The lowest BCUT2D eigenvalue weighted by atomic mass is 9.99. The molecule has 2 heteroatoms. The van der Waals surface area contributed by atoms with E-state index in [4.69, 9.17) is 9.47 Å². The van der Waals surface area contributed by atoms with E-state index in [1.54, 1.807) is 0 Å². The maximum Gasteiger partial charge on any atom is 0.119 e. The molecule has 0 aliphatic rings. The van der Waals surface area contributed by atoms with Gasteiger partial charge >= 0.3 is 0 Å². The van der Waals surface area contributed by atoms with Gasteiger partial charge in [0.05, 0.1) is 12.7 Å². The summed E-state index contributed by atoms with van der Waals surface area (Å²) in [6, 6.07) is 8.37. The molecule has 0 saturated heterocycles. The fourth-order valence-electron chi connectivity index (χ4n) is 1.57. The Morgan fingerprint density at radius 2 is 1.65 bits per heavy atom. The fraction of sp³-hybridized carbons (Fsp3) is 0.600. The molecule has 0 heterocycles. The summed E-state index contributed by atoms with van der Waals surface area (Å²) >= 11 is 0. The highest BCUT2D eigenvalue weighted by atomic mass is 16.5. The minimum absolute atomic E-state index is 0.270. The first-order valence-electron chi connectivity index (χ1n) is 6.47. The molecular weight excluding hydrogens is 212 g/mol. The van der Waals surface area contributed by atoms with E-state index in [1.165, 1.54) is 12.0 Å². The van der Waals surface area contributed by atoms with Gasteiger partial charge in [0.2, 0.25) is 0 Å². The van der Waals surface area contributed by atoms with Crippen LogP contribution in [0.4, 0.5) is 0 Å². The summed E-state index contributed by atoms with van der Waals surface area (Å²) in [4.78, 5) is 0. The van der Waals surface area contributed by atoms with E-state index >= 15 is 0 Å². The quantitative estimate of drug-likeness (QED) is 0.666. The van der Waals surface area contributed by atoms with Crippen LogP contribution in [0.5, 0.6) is 5.75 Å². The van der Waals surface area contributed by atoms with E-state index in [0.29, 0.717) is 19.1 Å². The minimum atomic E-state index is 0.270. The third-order valence-corrected chi connectivity index (χ3v) is 2.86. The highest BCUT2D eigenvalue weighted by Crippen LogP contribution is 2.21. The monoisotopic (exact) mass is 236 g/mol. The Morgan fingerprint density at radius 1 is 1.00 bits per heavy atom. The van der Waals surface area contributed by atoms with Crippen molar-refractivity contribution in [3.8, 4) is 5.75 Å². The van der Waals surface area contributed by atoms with Gasteiger partial charge in [0.25, 0.3) is 0 Å². The first kappa shape index (κ1) is 14.0. The zero-order valence-electron chi connectivity index (χ0n) is 11.4. The predicted octanol–water partition coefficient (Wildman–Crippen LogP) is 4.00. The predicted molar refractivity (Wildman–Crippen MR) is 71.7 cm³/mol. The summed E-state index contributed by atoms with van der Waals surface area (Å²) in [6.07, 6.45) is 1.44. The van der Waals surface area contributed by atoms with E-state index in [9.17, 15) is 0 Å². The molecule has 1 unspecified atom stereocenters. The molecule has 1 aromatic rings. The molecule has 96 valence electrons. The lowest BCUT2D eigenvalue weighted by molar-refractivity contribution is 0.0552. The molecule has 0 radical (unpaired) electrons. The van der Waals surface area contributed by atoms with Crippen molar-refractivity contribution >= 4 is 0 Å². The summed E-state index contributed by atoms with van der Waals surface area (Å²) in [5.74, 6) is 1.54. The Bertz CT molecular complexity index is 303. The first-order chi connectivity index (χ1) is 8.13. The molecule has 0 fully saturated rings. The molecule has 0 spiro atoms. The van der Waals surface area contributed by atoms with Gasteiger partial charge < -0.3 is 9.47 Å². The highest BCUT2D eigenvalue weighted by Gasteiger charge is 2.02. The standard InChI is InChI=1S/C15H24O2/c1-5-13(4)14-6-8-15(9-7-14)17-11-10-16-12(2)3/h6-9,12-13H,5,10-11H2,1-4H3. The Labute approximate surface area is 105 Å². The molecule has 0 aliphatic carbocycles. The average molecular weight is 236 g/mol. The Hall–Kier alpha value is -1.02. The second-order valence-corrected chi connectivity index (χ2v) is 4.65. The summed E-state index contributed by atoms with van der Waals surface area (Å²) in [7, 11) is 0. The van der Waals surface area contributed by atoms with Crippen molar-refractivity contribution in [1.82, 2.24) is 0 Å². The molecule has 2 nitrogen and oxygen atoms in total. The van der Waals surface area contributed by atoms with Gasteiger partial charge in [-0.05, 0) is 43.9 Å². The van der Waals surface area contributed by atoms with Gasteiger partial charge in [0, 0.05) is 0 Å². The lowest BCUT2D eigenvalue weighted by Crippen LogP contribution is -2.11. The lowest BCUT2D eigenvalue weighted by Gasteiger charge is -2.11. The summed E-state index contributed by atoms with van der Waals surface area (Å²) in [5, 5.41) is 0. The molecule has 1 aromatic carbocycles. The topological polar surface area (TPSA) is 18.5 Å². The molecule has 0 N–H and O–H groups in total. The second-order valence-electron chi connectivity index (χ2n) is 4.65. The normalized spacial score (nSPS) is 12.8. The van der Waals surface area contributed by atoms with Crippen LogP contribution >= 0.6 is 0 Å². The molecule has 0 bridgehead atoms. The molecule has 0 saturated carbocycles. The van der Waals surface area contributed by atoms with Crippen LogP contribution in [-0.4, -0.2) is 19.3 Å². The van der Waals surface area contributed by atoms with Crippen molar-refractivity contribution in [2.45, 2.75) is 46.1 Å². The van der Waals surface area contributed by atoms with Crippen LogP contribution in [-0.2, 0) is 4.74 Å². The molecule has 0 amide bonds. The third kappa shape index (κ3) is 5.22. The first-order valence-corrected chi connectivity index (χ1v) is 6.47. The summed E-state index contributed by atoms with van der Waals surface area (Å²) in [5.41, 5.74) is 1.37. The average Bonchev–Trinajstić information content (AvgIpc) is 2.34. The largest absolute Gasteiger partial charge is 0.491 e. The molecule has 1 atom stereocenters. The van der Waals surface area contributed by atoms with Crippen LogP contribution in [0, 0.1) is 0 Å². The number of hydrogen-bond acceptors (Lipinski definition) is 2. The summed E-state index contributed by atoms with van der Waals surface area (Å²) < 4.78 is 11.0. The van der Waals surface area contributed by atoms with Gasteiger partial charge in [0.15, 0.2) is 0 Å². The number of benzene rings is 1. The van der Waals surface area contributed by atoms with Crippen LogP contribution in [0.3, 0.4) is 0 Å². The van der Waals surface area contributed by atoms with Crippen molar-refractivity contribution in [3.05, 3.63) is 29.8 Å². The van der Waals surface area contributed by atoms with Gasteiger partial charge in [-0.25, -0.2) is 0 Å². The maximum absolute atomic E-state index is 5.60. The van der Waals surface area contributed by atoms with Crippen molar-refractivity contribution in [2.24, 2.45) is 0 Å². The second kappa shape index (κ2) is 7.33. The molecular formula is C15H24O2. The third-order valence-electron chi connectivity index (χ3n) is 2.86. The Kier molecular flexibility index (Phi) is 6.06. The van der Waals surface area contributed by atoms with E-state index in [2.05, 4.69) is 26.0 Å². The van der Waals surface area contributed by atoms with Crippen LogP contribution in [0.1, 0.15) is 45.6 Å². The van der Waals surface area contributed by atoms with Crippen LogP contribution in [0.2, 0.25) is 0 Å². The molecule has 17 heavy (non-hydrogen) atoms. The zero-order valence-corrected chi connectivity index (χ0v) is 11.4. The Morgan fingerprint density at radius 3 is 2.18 bits per heavy atom. The van der Waals surface area contributed by atoms with E-state index in [1.807, 2.05) is 26.0 Å². The Balaban J connectivity index is 2.35. The van der Waals surface area contributed by atoms with Crippen LogP contribution in [0.15, 0.2) is 24.3 Å². The van der Waals surface area contributed by atoms with Gasteiger partial charge in [-0.3, -0.25) is 0 Å². The highest BCUT2D eigenvalue weighted by molar-refractivity contribution is 5.29. The van der Waals surface area contributed by atoms with E-state index < -0.39 is 0 Å². The summed E-state index contributed by atoms with van der Waals surface area (Å²) in [6.45, 7) is 9.76. The number of rotatable bonds is 7. The molecule has 1 rings (SSSR count). The maximum atomic E-state index is 5.60. The van der Waals surface area contributed by atoms with Gasteiger partial charge in [-0.1, -0.05) is 26.0 Å². The molecule has 0 aliphatic heterocycles. The minimum Gasteiger partial charge on any atom is -0.491 e. The molecule has 0 aromatic heterocycles. The smallest absolute Gasteiger partial charge is 0.119 e.